The van der Waals surface area contributed by atoms with Crippen LogP contribution in [0.3, 0.4) is 0 Å². The SMILES string of the molecule is CCCCOCc1c(-c2cc3cc(C)cc(OC)c3s2)c2c(N)ncnn2c1CN1CCNCC1.O=CO. The van der Waals surface area contributed by atoms with Crippen LogP contribution in [-0.4, -0.2) is 71.0 Å². The molecule has 0 radical (unpaired) electrons. The molecule has 0 bridgehead atoms. The number of nitrogens with one attached hydrogen (secondary N) is 1. The van der Waals surface area contributed by atoms with E-state index in [1.54, 1.807) is 24.8 Å². The van der Waals surface area contributed by atoms with Gasteiger partial charge in [-0.2, -0.15) is 5.10 Å². The van der Waals surface area contributed by atoms with Crippen molar-refractivity contribution in [3.63, 3.8) is 0 Å². The second kappa shape index (κ2) is 13.0. The van der Waals surface area contributed by atoms with Gasteiger partial charge in [-0.15, -0.1) is 11.3 Å². The second-order valence-electron chi connectivity index (χ2n) is 9.24. The summed E-state index contributed by atoms with van der Waals surface area (Å²) in [5.74, 6) is 1.38. The Balaban J connectivity index is 0.00000107. The van der Waals surface area contributed by atoms with Crippen molar-refractivity contribution in [1.82, 2.24) is 24.8 Å². The first-order chi connectivity index (χ1) is 18.5. The quantitative estimate of drug-likeness (QED) is 0.214. The van der Waals surface area contributed by atoms with E-state index >= 15 is 0 Å². The Morgan fingerprint density at radius 3 is 2.74 bits per heavy atom. The van der Waals surface area contributed by atoms with E-state index in [-0.39, 0.29) is 6.47 Å². The van der Waals surface area contributed by atoms with Crippen molar-refractivity contribution >= 4 is 39.2 Å². The first-order valence-corrected chi connectivity index (χ1v) is 13.6. The number of fused-ring (bicyclic) bond motifs is 2. The lowest BCUT2D eigenvalue weighted by Crippen LogP contribution is -2.43. The Kier molecular flexibility index (Phi) is 9.51. The first-order valence-electron chi connectivity index (χ1n) is 12.8. The average Bonchev–Trinajstić information content (AvgIpc) is 3.47. The molecule has 4 heterocycles. The fraction of sp³-hybridized carbons (Fsp3) is 0.444. The topological polar surface area (TPSA) is 127 Å². The van der Waals surface area contributed by atoms with Gasteiger partial charge in [0, 0.05) is 55.3 Å². The van der Waals surface area contributed by atoms with Gasteiger partial charge in [0.05, 0.1) is 24.1 Å². The summed E-state index contributed by atoms with van der Waals surface area (Å²) in [6.07, 6.45) is 3.69. The number of rotatable bonds is 9. The molecule has 38 heavy (non-hydrogen) atoms. The lowest BCUT2D eigenvalue weighted by Gasteiger charge is -2.27. The summed E-state index contributed by atoms with van der Waals surface area (Å²) in [5, 5.41) is 16.2. The van der Waals surface area contributed by atoms with Crippen LogP contribution in [0, 0.1) is 6.92 Å². The fourth-order valence-corrected chi connectivity index (χ4v) is 6.05. The molecule has 0 atom stereocenters. The molecule has 1 aliphatic heterocycles. The third-order valence-corrected chi connectivity index (χ3v) is 7.81. The van der Waals surface area contributed by atoms with Crippen LogP contribution < -0.4 is 15.8 Å². The van der Waals surface area contributed by atoms with Gasteiger partial charge in [0.15, 0.2) is 5.82 Å². The van der Waals surface area contributed by atoms with E-state index in [1.807, 2.05) is 4.52 Å². The summed E-state index contributed by atoms with van der Waals surface area (Å²) in [7, 11) is 1.73. The number of carboxylic acid groups (broad SMARTS) is 1. The summed E-state index contributed by atoms with van der Waals surface area (Å²) in [6.45, 7) is 10.0. The molecule has 1 aromatic carbocycles. The van der Waals surface area contributed by atoms with Gasteiger partial charge < -0.3 is 25.6 Å². The van der Waals surface area contributed by atoms with E-state index in [2.05, 4.69) is 52.3 Å². The van der Waals surface area contributed by atoms with E-state index in [4.69, 9.17) is 25.1 Å². The predicted molar refractivity (Wildman–Crippen MR) is 151 cm³/mol. The van der Waals surface area contributed by atoms with Crippen LogP contribution >= 0.6 is 11.3 Å². The molecule has 0 amide bonds. The van der Waals surface area contributed by atoms with Gasteiger partial charge in [0.25, 0.3) is 6.47 Å². The van der Waals surface area contributed by atoms with E-state index in [0.29, 0.717) is 12.4 Å². The molecule has 4 N–H and O–H groups in total. The molecule has 11 heteroatoms. The molecule has 0 aliphatic carbocycles. The minimum Gasteiger partial charge on any atom is -0.495 e. The van der Waals surface area contributed by atoms with Gasteiger partial charge in [0.2, 0.25) is 0 Å². The molecular weight excluding hydrogens is 504 g/mol. The molecule has 3 aromatic heterocycles. The normalized spacial score (nSPS) is 14.0. The lowest BCUT2D eigenvalue weighted by molar-refractivity contribution is -0.122. The average molecular weight is 541 g/mol. The van der Waals surface area contributed by atoms with Gasteiger partial charge in [-0.05, 0) is 36.4 Å². The monoisotopic (exact) mass is 540 g/mol. The maximum absolute atomic E-state index is 8.36. The zero-order chi connectivity index (χ0) is 27.1. The number of carbonyl (C=O) groups is 1. The van der Waals surface area contributed by atoms with E-state index < -0.39 is 0 Å². The van der Waals surface area contributed by atoms with Gasteiger partial charge in [-0.1, -0.05) is 19.4 Å². The summed E-state index contributed by atoms with van der Waals surface area (Å²) < 4.78 is 15.0. The van der Waals surface area contributed by atoms with Crippen LogP contribution in [0.5, 0.6) is 5.75 Å². The van der Waals surface area contributed by atoms with Gasteiger partial charge >= 0.3 is 0 Å². The highest BCUT2D eigenvalue weighted by Crippen LogP contribution is 2.44. The number of hydrogen-bond acceptors (Lipinski definition) is 9. The molecule has 1 aliphatic rings. The van der Waals surface area contributed by atoms with Crippen LogP contribution in [0.1, 0.15) is 36.6 Å². The zero-order valence-corrected chi connectivity index (χ0v) is 23.0. The highest BCUT2D eigenvalue weighted by molar-refractivity contribution is 7.22. The van der Waals surface area contributed by atoms with Gasteiger partial charge in [-0.3, -0.25) is 9.69 Å². The number of ether oxygens (including phenoxy) is 2. The highest BCUT2D eigenvalue weighted by Gasteiger charge is 2.26. The maximum Gasteiger partial charge on any atom is 0.290 e. The largest absolute Gasteiger partial charge is 0.495 e. The minimum atomic E-state index is -0.250. The molecule has 4 aromatic rings. The number of methoxy groups -OCH3 is 1. The van der Waals surface area contributed by atoms with Crippen molar-refractivity contribution in [2.24, 2.45) is 0 Å². The molecule has 10 nitrogen and oxygen atoms in total. The summed E-state index contributed by atoms with van der Waals surface area (Å²) >= 11 is 1.72. The number of piperazine rings is 1. The van der Waals surface area contributed by atoms with Crippen molar-refractivity contribution in [2.75, 3.05) is 45.6 Å². The lowest BCUT2D eigenvalue weighted by atomic mass is 10.1. The summed E-state index contributed by atoms with van der Waals surface area (Å²) in [5.41, 5.74) is 11.9. The highest BCUT2D eigenvalue weighted by atomic mass is 32.1. The molecule has 204 valence electrons. The molecule has 0 spiro atoms. The Bertz CT molecular complexity index is 1380. The number of anilines is 1. The number of nitrogens with zero attached hydrogens (tertiary/aromatic N) is 4. The smallest absolute Gasteiger partial charge is 0.290 e. The third kappa shape index (κ3) is 5.91. The summed E-state index contributed by atoms with van der Waals surface area (Å²) in [4.78, 5) is 16.3. The van der Waals surface area contributed by atoms with Crippen molar-refractivity contribution in [3.05, 3.63) is 41.3 Å². The van der Waals surface area contributed by atoms with Crippen LogP contribution in [-0.2, 0) is 22.7 Å². The van der Waals surface area contributed by atoms with Crippen molar-refractivity contribution < 1.29 is 19.4 Å². The second-order valence-corrected chi connectivity index (χ2v) is 10.3. The molecule has 5 rings (SSSR count). The number of hydrogen-bond donors (Lipinski definition) is 3. The standard InChI is InChI=1S/C26H34N6O2S.CH2O2/c1-4-5-10-34-15-19-20(14-31-8-6-28-7-9-31)32-24(26(27)29-16-30-32)23(19)22-13-18-11-17(2)12-21(33-3)25(18)35-22;2-1-3/h11-13,16,28H,4-10,14-15H2,1-3H3,(H2,27,29,30);1H,(H,2,3). The molecule has 0 unspecified atom stereocenters. The molecule has 0 saturated carbocycles. The Morgan fingerprint density at radius 2 is 2.03 bits per heavy atom. The van der Waals surface area contributed by atoms with Crippen molar-refractivity contribution in [1.29, 1.82) is 0 Å². The number of nitrogen functional groups attached to an aromatic ring is 1. The Labute approximate surface area is 226 Å². The Morgan fingerprint density at radius 1 is 1.26 bits per heavy atom. The number of unbranched alkanes of at least 4 members (excludes halogenated alkanes) is 1. The fourth-order valence-electron chi connectivity index (χ4n) is 4.84. The first kappa shape index (κ1) is 27.8. The van der Waals surface area contributed by atoms with Crippen LogP contribution in [0.25, 0.3) is 26.0 Å². The van der Waals surface area contributed by atoms with Gasteiger partial charge in [-0.25, -0.2) is 9.50 Å². The van der Waals surface area contributed by atoms with Gasteiger partial charge in [0.1, 0.15) is 17.6 Å². The maximum atomic E-state index is 8.36. The third-order valence-electron chi connectivity index (χ3n) is 6.63. The minimum absolute atomic E-state index is 0.250. The molecule has 1 saturated heterocycles. The zero-order valence-electron chi connectivity index (χ0n) is 22.2. The predicted octanol–water partition coefficient (Wildman–Crippen LogP) is 3.93. The van der Waals surface area contributed by atoms with Crippen LogP contribution in [0.15, 0.2) is 24.5 Å². The van der Waals surface area contributed by atoms with E-state index in [9.17, 15) is 0 Å². The number of aryl methyl sites for hydroxylation is 1. The van der Waals surface area contributed by atoms with Crippen LogP contribution in [0.2, 0.25) is 0 Å². The number of thiophene rings is 1. The Hall–Kier alpha value is -3.25. The molecular formula is C27H36N6O4S. The van der Waals surface area contributed by atoms with Crippen molar-refractivity contribution in [2.45, 2.75) is 39.8 Å². The summed E-state index contributed by atoms with van der Waals surface area (Å²) in [6, 6.07) is 6.53. The number of aromatic nitrogens is 3. The van der Waals surface area contributed by atoms with E-state index in [1.165, 1.54) is 5.56 Å². The van der Waals surface area contributed by atoms with E-state index in [0.717, 1.165) is 95.2 Å². The van der Waals surface area contributed by atoms with Crippen LogP contribution in [0.4, 0.5) is 5.82 Å². The number of benzene rings is 1. The molecule has 1 fully saturated rings. The number of nitrogens with two attached hydrogens (primary N) is 1. The van der Waals surface area contributed by atoms with Crippen molar-refractivity contribution in [3.8, 4) is 16.2 Å².